The van der Waals surface area contributed by atoms with Crippen LogP contribution < -0.4 is 10.6 Å². The molecule has 2 aromatic heterocycles. The van der Waals surface area contributed by atoms with Crippen LogP contribution in [0.5, 0.6) is 0 Å². The van der Waals surface area contributed by atoms with E-state index in [-0.39, 0.29) is 6.04 Å². The molecular formula is C13H21N7O. The highest BCUT2D eigenvalue weighted by Crippen LogP contribution is 2.18. The predicted octanol–water partition coefficient (Wildman–Crippen LogP) is 1.36. The molecule has 8 heteroatoms. The van der Waals surface area contributed by atoms with Crippen LogP contribution in [-0.2, 0) is 18.4 Å². The Bertz CT molecular complexity index is 559. The number of aryl methyl sites for hydroxylation is 1. The summed E-state index contributed by atoms with van der Waals surface area (Å²) in [4.78, 5) is 8.82. The molecule has 0 saturated heterocycles. The molecule has 0 saturated carbocycles. The molecule has 2 rings (SSSR count). The first-order chi connectivity index (χ1) is 10.1. The lowest BCUT2D eigenvalue weighted by molar-refractivity contribution is 0.178. The Kier molecular flexibility index (Phi) is 5.04. The van der Waals surface area contributed by atoms with Gasteiger partial charge in [0, 0.05) is 26.8 Å². The molecule has 0 radical (unpaired) electrons. The van der Waals surface area contributed by atoms with Gasteiger partial charge < -0.3 is 19.9 Å². The van der Waals surface area contributed by atoms with Crippen molar-refractivity contribution in [1.29, 1.82) is 0 Å². The van der Waals surface area contributed by atoms with Crippen molar-refractivity contribution in [2.75, 3.05) is 24.3 Å². The molecule has 0 spiro atoms. The van der Waals surface area contributed by atoms with Crippen LogP contribution in [0.4, 0.5) is 11.6 Å². The summed E-state index contributed by atoms with van der Waals surface area (Å²) in [7, 11) is 3.53. The highest BCUT2D eigenvalue weighted by Gasteiger charge is 2.13. The lowest BCUT2D eigenvalue weighted by Crippen LogP contribution is -2.14. The largest absolute Gasteiger partial charge is 0.377 e. The standard InChI is InChI=1S/C13H21N7O/c1-5-14-10-6-11(18-12(17-10)7-21-4)16-9(2)13-19-15-8-20(13)3/h6,8-9H,5,7H2,1-4H3,(H2,14,16,17,18). The van der Waals surface area contributed by atoms with Crippen LogP contribution in [0.3, 0.4) is 0 Å². The number of ether oxygens (including phenoxy) is 1. The van der Waals surface area contributed by atoms with Crippen molar-refractivity contribution in [3.05, 3.63) is 24.0 Å². The minimum Gasteiger partial charge on any atom is -0.377 e. The van der Waals surface area contributed by atoms with Gasteiger partial charge in [-0.05, 0) is 13.8 Å². The van der Waals surface area contributed by atoms with E-state index in [1.54, 1.807) is 13.4 Å². The number of nitrogens with zero attached hydrogens (tertiary/aromatic N) is 5. The van der Waals surface area contributed by atoms with E-state index in [2.05, 4.69) is 30.8 Å². The van der Waals surface area contributed by atoms with Crippen molar-refractivity contribution < 1.29 is 4.74 Å². The topological polar surface area (TPSA) is 89.8 Å². The van der Waals surface area contributed by atoms with E-state index in [0.717, 1.165) is 24.0 Å². The molecule has 114 valence electrons. The van der Waals surface area contributed by atoms with E-state index >= 15 is 0 Å². The Morgan fingerprint density at radius 2 is 2.10 bits per heavy atom. The molecule has 21 heavy (non-hydrogen) atoms. The summed E-state index contributed by atoms with van der Waals surface area (Å²) in [6, 6.07) is 1.85. The Labute approximate surface area is 124 Å². The highest BCUT2D eigenvalue weighted by atomic mass is 16.5. The first kappa shape index (κ1) is 15.2. The van der Waals surface area contributed by atoms with Crippen molar-refractivity contribution in [2.24, 2.45) is 7.05 Å². The van der Waals surface area contributed by atoms with Crippen LogP contribution in [0.2, 0.25) is 0 Å². The second-order valence-corrected chi connectivity index (χ2v) is 4.68. The SMILES string of the molecule is CCNc1cc(NC(C)c2nncn2C)nc(COC)n1. The summed E-state index contributed by atoms with van der Waals surface area (Å²) >= 11 is 0. The first-order valence-electron chi connectivity index (χ1n) is 6.85. The van der Waals surface area contributed by atoms with Gasteiger partial charge in [-0.1, -0.05) is 0 Å². The number of rotatable bonds is 7. The molecule has 2 heterocycles. The summed E-state index contributed by atoms with van der Waals surface area (Å²) in [5.41, 5.74) is 0. The smallest absolute Gasteiger partial charge is 0.158 e. The lowest BCUT2D eigenvalue weighted by Gasteiger charge is -2.15. The maximum absolute atomic E-state index is 5.11. The quantitative estimate of drug-likeness (QED) is 0.796. The van der Waals surface area contributed by atoms with Crippen LogP contribution >= 0.6 is 0 Å². The molecule has 0 aliphatic carbocycles. The normalized spacial score (nSPS) is 12.2. The molecule has 8 nitrogen and oxygen atoms in total. The van der Waals surface area contributed by atoms with Crippen LogP contribution in [0.25, 0.3) is 0 Å². The fraction of sp³-hybridized carbons (Fsp3) is 0.538. The van der Waals surface area contributed by atoms with Crippen molar-refractivity contribution >= 4 is 11.6 Å². The highest BCUT2D eigenvalue weighted by molar-refractivity contribution is 5.48. The van der Waals surface area contributed by atoms with Crippen molar-refractivity contribution in [3.8, 4) is 0 Å². The van der Waals surface area contributed by atoms with Gasteiger partial charge in [0.2, 0.25) is 0 Å². The van der Waals surface area contributed by atoms with Crippen LogP contribution in [-0.4, -0.2) is 38.4 Å². The van der Waals surface area contributed by atoms with Gasteiger partial charge in [0.05, 0.1) is 6.04 Å². The molecule has 0 aliphatic heterocycles. The zero-order valence-corrected chi connectivity index (χ0v) is 12.8. The van der Waals surface area contributed by atoms with E-state index in [4.69, 9.17) is 4.74 Å². The fourth-order valence-electron chi connectivity index (χ4n) is 2.01. The average molecular weight is 291 g/mol. The number of anilines is 2. The van der Waals surface area contributed by atoms with E-state index in [1.807, 2.05) is 31.5 Å². The van der Waals surface area contributed by atoms with Crippen molar-refractivity contribution in [2.45, 2.75) is 26.5 Å². The molecule has 0 aromatic carbocycles. The number of hydrogen-bond acceptors (Lipinski definition) is 7. The van der Waals surface area contributed by atoms with Gasteiger partial charge >= 0.3 is 0 Å². The van der Waals surface area contributed by atoms with Crippen molar-refractivity contribution in [1.82, 2.24) is 24.7 Å². The maximum Gasteiger partial charge on any atom is 0.158 e. The summed E-state index contributed by atoms with van der Waals surface area (Å²) in [6.45, 7) is 5.19. The van der Waals surface area contributed by atoms with Gasteiger partial charge in [-0.2, -0.15) is 0 Å². The molecule has 1 atom stereocenters. The summed E-state index contributed by atoms with van der Waals surface area (Å²) < 4.78 is 6.98. The third-order valence-electron chi connectivity index (χ3n) is 2.90. The van der Waals surface area contributed by atoms with Crippen LogP contribution in [0.15, 0.2) is 12.4 Å². The summed E-state index contributed by atoms with van der Waals surface area (Å²) in [5, 5.41) is 14.5. The molecule has 0 bridgehead atoms. The van der Waals surface area contributed by atoms with Gasteiger partial charge in [0.15, 0.2) is 11.6 Å². The summed E-state index contributed by atoms with van der Waals surface area (Å²) in [6.07, 6.45) is 1.67. The molecule has 0 amide bonds. The third-order valence-corrected chi connectivity index (χ3v) is 2.90. The molecular weight excluding hydrogens is 270 g/mol. The lowest BCUT2D eigenvalue weighted by atomic mass is 10.3. The fourth-order valence-corrected chi connectivity index (χ4v) is 2.01. The van der Waals surface area contributed by atoms with Gasteiger partial charge in [0.1, 0.15) is 24.6 Å². The summed E-state index contributed by atoms with van der Waals surface area (Å²) in [5.74, 6) is 2.96. The zero-order valence-electron chi connectivity index (χ0n) is 12.8. The minimum atomic E-state index is -0.0164. The van der Waals surface area contributed by atoms with E-state index in [0.29, 0.717) is 12.4 Å². The average Bonchev–Trinajstić information content (AvgIpc) is 2.85. The monoisotopic (exact) mass is 291 g/mol. The molecule has 2 N–H and O–H groups in total. The number of methoxy groups -OCH3 is 1. The van der Waals surface area contributed by atoms with E-state index < -0.39 is 0 Å². The van der Waals surface area contributed by atoms with E-state index in [9.17, 15) is 0 Å². The zero-order chi connectivity index (χ0) is 15.2. The van der Waals surface area contributed by atoms with Gasteiger partial charge in [-0.25, -0.2) is 9.97 Å². The Morgan fingerprint density at radius 3 is 2.71 bits per heavy atom. The maximum atomic E-state index is 5.11. The molecule has 0 fully saturated rings. The number of nitrogens with one attached hydrogen (secondary N) is 2. The van der Waals surface area contributed by atoms with Gasteiger partial charge in [-0.15, -0.1) is 10.2 Å². The van der Waals surface area contributed by atoms with Crippen LogP contribution in [0.1, 0.15) is 31.5 Å². The second kappa shape index (κ2) is 6.98. The molecule has 0 aliphatic rings. The number of aromatic nitrogens is 5. The minimum absolute atomic E-state index is 0.0164. The van der Waals surface area contributed by atoms with Crippen LogP contribution in [0, 0.1) is 0 Å². The van der Waals surface area contributed by atoms with Gasteiger partial charge in [0.25, 0.3) is 0 Å². The predicted molar refractivity (Wildman–Crippen MR) is 79.9 cm³/mol. The Balaban J connectivity index is 2.19. The molecule has 1 unspecified atom stereocenters. The van der Waals surface area contributed by atoms with Gasteiger partial charge in [-0.3, -0.25) is 0 Å². The molecule has 2 aromatic rings. The number of hydrogen-bond donors (Lipinski definition) is 2. The first-order valence-corrected chi connectivity index (χ1v) is 6.85. The van der Waals surface area contributed by atoms with Crippen molar-refractivity contribution in [3.63, 3.8) is 0 Å². The second-order valence-electron chi connectivity index (χ2n) is 4.68. The Morgan fingerprint density at radius 1 is 1.33 bits per heavy atom. The third kappa shape index (κ3) is 3.88. The Hall–Kier alpha value is -2.22. The van der Waals surface area contributed by atoms with E-state index in [1.165, 1.54) is 0 Å².